The van der Waals surface area contributed by atoms with Crippen molar-refractivity contribution < 1.29 is 9.90 Å². The van der Waals surface area contributed by atoms with E-state index in [1.807, 2.05) is 0 Å². The maximum Gasteiger partial charge on any atom is 0.339 e. The van der Waals surface area contributed by atoms with Crippen LogP contribution in [0.4, 0.5) is 0 Å². The second-order valence-corrected chi connectivity index (χ2v) is 4.03. The minimum absolute atomic E-state index is 0.216. The first-order valence-electron chi connectivity index (χ1n) is 5.52. The van der Waals surface area contributed by atoms with Gasteiger partial charge >= 0.3 is 5.97 Å². The lowest BCUT2D eigenvalue weighted by Gasteiger charge is -2.26. The van der Waals surface area contributed by atoms with Crippen molar-refractivity contribution in [2.45, 2.75) is 25.8 Å². The zero-order valence-corrected chi connectivity index (χ0v) is 9.09. The fourth-order valence-corrected chi connectivity index (χ4v) is 1.99. The summed E-state index contributed by atoms with van der Waals surface area (Å²) < 4.78 is 0. The van der Waals surface area contributed by atoms with Crippen molar-refractivity contribution in [3.8, 4) is 0 Å². The molecule has 0 unspecified atom stereocenters. The number of likely N-dealkylation sites (tertiary alicyclic amines) is 1. The monoisotopic (exact) mass is 221 g/mol. The first-order valence-corrected chi connectivity index (χ1v) is 5.52. The van der Waals surface area contributed by atoms with Crippen molar-refractivity contribution in [2.24, 2.45) is 0 Å². The van der Waals surface area contributed by atoms with Crippen molar-refractivity contribution in [1.82, 2.24) is 14.9 Å². The average molecular weight is 221 g/mol. The van der Waals surface area contributed by atoms with E-state index in [2.05, 4.69) is 14.9 Å². The molecule has 86 valence electrons. The molecule has 0 saturated carbocycles. The van der Waals surface area contributed by atoms with E-state index >= 15 is 0 Å². The molecule has 0 aromatic carbocycles. The molecule has 16 heavy (non-hydrogen) atoms. The van der Waals surface area contributed by atoms with E-state index in [1.54, 1.807) is 0 Å². The van der Waals surface area contributed by atoms with Crippen LogP contribution in [-0.2, 0) is 6.54 Å². The fraction of sp³-hybridized carbons (Fsp3) is 0.545. The minimum atomic E-state index is -0.951. The Morgan fingerprint density at radius 1 is 1.38 bits per heavy atom. The molecule has 1 aromatic heterocycles. The van der Waals surface area contributed by atoms with Crippen LogP contribution in [0.1, 0.15) is 35.3 Å². The molecule has 0 radical (unpaired) electrons. The van der Waals surface area contributed by atoms with Crippen LogP contribution < -0.4 is 0 Å². The molecule has 1 saturated heterocycles. The van der Waals surface area contributed by atoms with Crippen molar-refractivity contribution in [3.63, 3.8) is 0 Å². The molecule has 1 aliphatic rings. The predicted octanol–water partition coefficient (Wildman–Crippen LogP) is 1.16. The highest BCUT2D eigenvalue weighted by Gasteiger charge is 2.16. The Morgan fingerprint density at radius 3 is 2.81 bits per heavy atom. The topological polar surface area (TPSA) is 66.3 Å². The molecular weight excluding hydrogens is 206 g/mol. The maximum atomic E-state index is 11.0. The maximum absolute atomic E-state index is 11.0. The smallest absolute Gasteiger partial charge is 0.339 e. The van der Waals surface area contributed by atoms with Crippen molar-refractivity contribution >= 4 is 5.97 Å². The number of aromatic carboxylic acids is 1. The molecule has 1 N–H and O–H groups in total. The van der Waals surface area contributed by atoms with Crippen LogP contribution in [0.2, 0.25) is 0 Å². The zero-order valence-electron chi connectivity index (χ0n) is 9.09. The van der Waals surface area contributed by atoms with E-state index in [0.717, 1.165) is 13.1 Å². The lowest BCUT2D eigenvalue weighted by Crippen LogP contribution is -2.30. The van der Waals surface area contributed by atoms with Gasteiger partial charge in [-0.15, -0.1) is 0 Å². The van der Waals surface area contributed by atoms with E-state index in [1.165, 1.54) is 31.8 Å². The molecule has 5 nitrogen and oxygen atoms in total. The highest BCUT2D eigenvalue weighted by atomic mass is 16.4. The number of nitrogens with zero attached hydrogens (tertiary/aromatic N) is 3. The third-order valence-corrected chi connectivity index (χ3v) is 2.85. The van der Waals surface area contributed by atoms with Gasteiger partial charge in [0.25, 0.3) is 0 Å². The van der Waals surface area contributed by atoms with Crippen molar-refractivity contribution in [1.29, 1.82) is 0 Å². The number of rotatable bonds is 3. The highest BCUT2D eigenvalue weighted by Crippen LogP contribution is 2.13. The van der Waals surface area contributed by atoms with Crippen molar-refractivity contribution in [2.75, 3.05) is 13.1 Å². The molecule has 1 aromatic rings. The second kappa shape index (κ2) is 5.03. The highest BCUT2D eigenvalue weighted by molar-refractivity contribution is 5.88. The fourth-order valence-electron chi connectivity index (χ4n) is 1.99. The normalized spacial score (nSPS) is 17.2. The van der Waals surface area contributed by atoms with Gasteiger partial charge in [-0.3, -0.25) is 4.90 Å². The van der Waals surface area contributed by atoms with Gasteiger partial charge in [0.15, 0.2) is 0 Å². The molecule has 2 rings (SSSR count). The Balaban J connectivity index is 2.10. The summed E-state index contributed by atoms with van der Waals surface area (Å²) in [6, 6.07) is 0. The second-order valence-electron chi connectivity index (χ2n) is 4.03. The van der Waals surface area contributed by atoms with Crippen LogP contribution in [0, 0.1) is 0 Å². The summed E-state index contributed by atoms with van der Waals surface area (Å²) in [5, 5.41) is 9.00. The largest absolute Gasteiger partial charge is 0.478 e. The van der Waals surface area contributed by atoms with Crippen molar-refractivity contribution in [3.05, 3.63) is 23.8 Å². The molecule has 5 heteroatoms. The Labute approximate surface area is 94.1 Å². The standard InChI is InChI=1S/C11H15N3O2/c15-11(16)9-6-12-8-13-10(9)7-14-4-2-1-3-5-14/h6,8H,1-5,7H2,(H,15,16). The average Bonchev–Trinajstić information content (AvgIpc) is 2.31. The molecule has 0 spiro atoms. The van der Waals surface area contributed by atoms with Gasteiger partial charge in [0.1, 0.15) is 11.9 Å². The summed E-state index contributed by atoms with van der Waals surface area (Å²) >= 11 is 0. The van der Waals surface area contributed by atoms with Gasteiger partial charge in [-0.05, 0) is 25.9 Å². The van der Waals surface area contributed by atoms with E-state index < -0.39 is 5.97 Å². The summed E-state index contributed by atoms with van der Waals surface area (Å²) in [7, 11) is 0. The van der Waals surface area contributed by atoms with Gasteiger partial charge in [-0.1, -0.05) is 6.42 Å². The summed E-state index contributed by atoms with van der Waals surface area (Å²) in [5.41, 5.74) is 0.831. The summed E-state index contributed by atoms with van der Waals surface area (Å²) in [6.07, 6.45) is 6.42. The molecule has 0 bridgehead atoms. The first-order chi connectivity index (χ1) is 7.77. The van der Waals surface area contributed by atoms with Gasteiger partial charge < -0.3 is 5.11 Å². The van der Waals surface area contributed by atoms with E-state index in [9.17, 15) is 4.79 Å². The van der Waals surface area contributed by atoms with Crippen LogP contribution in [0.5, 0.6) is 0 Å². The number of piperidine rings is 1. The van der Waals surface area contributed by atoms with Crippen LogP contribution >= 0.6 is 0 Å². The molecule has 0 aliphatic carbocycles. The molecule has 2 heterocycles. The van der Waals surface area contributed by atoms with E-state index in [0.29, 0.717) is 12.2 Å². The Kier molecular flexibility index (Phi) is 3.46. The third kappa shape index (κ3) is 2.55. The van der Waals surface area contributed by atoms with Gasteiger partial charge in [-0.2, -0.15) is 0 Å². The Bertz CT molecular complexity index is 375. The predicted molar refractivity (Wildman–Crippen MR) is 58.1 cm³/mol. The van der Waals surface area contributed by atoms with Gasteiger partial charge in [-0.25, -0.2) is 14.8 Å². The quantitative estimate of drug-likeness (QED) is 0.829. The third-order valence-electron chi connectivity index (χ3n) is 2.85. The number of carbonyl (C=O) groups is 1. The zero-order chi connectivity index (χ0) is 11.4. The summed E-state index contributed by atoms with van der Waals surface area (Å²) in [6.45, 7) is 2.68. The number of carboxylic acids is 1. The van der Waals surface area contributed by atoms with Gasteiger partial charge in [0.2, 0.25) is 0 Å². The van der Waals surface area contributed by atoms with Crippen LogP contribution in [0.25, 0.3) is 0 Å². The number of aromatic nitrogens is 2. The number of hydrogen-bond acceptors (Lipinski definition) is 4. The number of carboxylic acid groups (broad SMARTS) is 1. The Hall–Kier alpha value is -1.49. The lowest BCUT2D eigenvalue weighted by molar-refractivity contribution is 0.0692. The summed E-state index contributed by atoms with van der Waals surface area (Å²) in [4.78, 5) is 21.0. The first kappa shape index (κ1) is 11.0. The van der Waals surface area contributed by atoms with Crippen LogP contribution in [0.3, 0.4) is 0 Å². The Morgan fingerprint density at radius 2 is 2.12 bits per heavy atom. The summed E-state index contributed by atoms with van der Waals surface area (Å²) in [5.74, 6) is -0.951. The molecular formula is C11H15N3O2. The number of hydrogen-bond donors (Lipinski definition) is 1. The molecule has 0 amide bonds. The lowest BCUT2D eigenvalue weighted by atomic mass is 10.1. The van der Waals surface area contributed by atoms with Gasteiger partial charge in [0, 0.05) is 12.7 Å². The van der Waals surface area contributed by atoms with Crippen LogP contribution in [0.15, 0.2) is 12.5 Å². The molecule has 1 fully saturated rings. The SMILES string of the molecule is O=C(O)c1cncnc1CN1CCCCC1. The van der Waals surface area contributed by atoms with Crippen LogP contribution in [-0.4, -0.2) is 39.0 Å². The van der Waals surface area contributed by atoms with E-state index in [-0.39, 0.29) is 5.56 Å². The molecule has 0 atom stereocenters. The van der Waals surface area contributed by atoms with E-state index in [4.69, 9.17) is 5.11 Å². The minimum Gasteiger partial charge on any atom is -0.478 e. The van der Waals surface area contributed by atoms with Gasteiger partial charge in [0.05, 0.1) is 5.69 Å². The molecule has 1 aliphatic heterocycles.